The number of aromatic nitrogens is 1. The second-order valence-corrected chi connectivity index (χ2v) is 9.22. The van der Waals surface area contributed by atoms with Crippen LogP contribution >= 0.6 is 0 Å². The van der Waals surface area contributed by atoms with Crippen molar-refractivity contribution in [2.75, 3.05) is 23.4 Å². The molecule has 6 heteroatoms. The van der Waals surface area contributed by atoms with Gasteiger partial charge in [0.1, 0.15) is 18.1 Å². The molecule has 2 aromatic carbocycles. The van der Waals surface area contributed by atoms with E-state index < -0.39 is 5.41 Å². The molecule has 1 aromatic heterocycles. The van der Waals surface area contributed by atoms with E-state index >= 15 is 0 Å². The van der Waals surface area contributed by atoms with Crippen LogP contribution in [0.2, 0.25) is 0 Å². The first-order chi connectivity index (χ1) is 14.7. The van der Waals surface area contributed by atoms with Gasteiger partial charge >= 0.3 is 0 Å². The van der Waals surface area contributed by atoms with Crippen molar-refractivity contribution >= 4 is 34.1 Å². The van der Waals surface area contributed by atoms with E-state index in [9.17, 15) is 9.59 Å². The molecular formula is C25H29N3O3. The number of H-pyrrole nitrogens is 1. The monoisotopic (exact) mass is 419 g/mol. The average molecular weight is 420 g/mol. The van der Waals surface area contributed by atoms with Gasteiger partial charge in [-0.1, -0.05) is 32.0 Å². The first-order valence-electron chi connectivity index (χ1n) is 10.7. The molecule has 2 N–H and O–H groups in total. The Morgan fingerprint density at radius 2 is 1.97 bits per heavy atom. The van der Waals surface area contributed by atoms with Crippen molar-refractivity contribution in [1.29, 1.82) is 0 Å². The third-order valence-electron chi connectivity index (χ3n) is 5.62. The highest BCUT2D eigenvalue weighted by Gasteiger charge is 2.37. The van der Waals surface area contributed by atoms with Crippen molar-refractivity contribution in [2.45, 2.75) is 34.1 Å². The third-order valence-corrected chi connectivity index (χ3v) is 5.62. The van der Waals surface area contributed by atoms with Crippen LogP contribution in [0.15, 0.2) is 48.5 Å². The summed E-state index contributed by atoms with van der Waals surface area (Å²) >= 11 is 0. The molecule has 0 aliphatic carbocycles. The lowest BCUT2D eigenvalue weighted by atomic mass is 9.92. The lowest BCUT2D eigenvalue weighted by Gasteiger charge is -2.28. The Morgan fingerprint density at radius 1 is 1.19 bits per heavy atom. The highest BCUT2D eigenvalue weighted by molar-refractivity contribution is 6.07. The van der Waals surface area contributed by atoms with Gasteiger partial charge in [0, 0.05) is 23.1 Å². The minimum atomic E-state index is -0.621. The number of rotatable bonds is 5. The zero-order valence-corrected chi connectivity index (χ0v) is 18.5. The van der Waals surface area contributed by atoms with E-state index in [4.69, 9.17) is 4.74 Å². The quantitative estimate of drug-likeness (QED) is 0.596. The molecule has 0 saturated heterocycles. The minimum absolute atomic E-state index is 0.0333. The average Bonchev–Trinajstić information content (AvgIpc) is 3.14. The van der Waals surface area contributed by atoms with Gasteiger partial charge in [0.25, 0.3) is 5.91 Å². The van der Waals surface area contributed by atoms with E-state index in [1.807, 2.05) is 62.4 Å². The van der Waals surface area contributed by atoms with E-state index in [0.717, 1.165) is 17.3 Å². The van der Waals surface area contributed by atoms with Gasteiger partial charge in [-0.3, -0.25) is 9.59 Å². The number of fused-ring (bicyclic) bond motifs is 2. The molecule has 0 saturated carbocycles. The maximum atomic E-state index is 13.3. The van der Waals surface area contributed by atoms with Crippen LogP contribution in [0.4, 0.5) is 11.4 Å². The molecule has 0 unspecified atom stereocenters. The number of para-hydroxylation sites is 1. The Bertz CT molecular complexity index is 1100. The Balaban J connectivity index is 1.63. The van der Waals surface area contributed by atoms with Crippen LogP contribution in [-0.2, 0) is 4.79 Å². The summed E-state index contributed by atoms with van der Waals surface area (Å²) in [7, 11) is 0. The maximum absolute atomic E-state index is 13.3. The molecule has 1 aliphatic rings. The van der Waals surface area contributed by atoms with Gasteiger partial charge in [-0.25, -0.2) is 0 Å². The molecular weight excluding hydrogens is 390 g/mol. The normalized spacial score (nSPS) is 15.5. The number of carbonyl (C=O) groups excluding carboxylic acids is 2. The van der Waals surface area contributed by atoms with E-state index in [-0.39, 0.29) is 11.8 Å². The Labute approximate surface area is 182 Å². The number of hydrogen-bond acceptors (Lipinski definition) is 3. The summed E-state index contributed by atoms with van der Waals surface area (Å²) in [4.78, 5) is 31.0. The van der Waals surface area contributed by atoms with E-state index in [2.05, 4.69) is 24.1 Å². The van der Waals surface area contributed by atoms with Crippen LogP contribution in [0.1, 0.15) is 44.6 Å². The Hall–Kier alpha value is -3.28. The second kappa shape index (κ2) is 8.10. The Kier molecular flexibility index (Phi) is 5.48. The summed E-state index contributed by atoms with van der Waals surface area (Å²) in [5.41, 5.74) is 2.10. The van der Waals surface area contributed by atoms with Gasteiger partial charge < -0.3 is 19.9 Å². The predicted molar refractivity (Wildman–Crippen MR) is 124 cm³/mol. The van der Waals surface area contributed by atoms with E-state index in [1.165, 1.54) is 0 Å². The highest BCUT2D eigenvalue weighted by Crippen LogP contribution is 2.38. The van der Waals surface area contributed by atoms with Crippen LogP contribution < -0.4 is 15.0 Å². The number of benzene rings is 2. The molecule has 3 aromatic rings. The van der Waals surface area contributed by atoms with Gasteiger partial charge in [0.15, 0.2) is 0 Å². The first kappa shape index (κ1) is 21.0. The second-order valence-electron chi connectivity index (χ2n) is 9.22. The number of amides is 2. The van der Waals surface area contributed by atoms with Gasteiger partial charge in [-0.05, 0) is 56.5 Å². The molecule has 0 atom stereocenters. The lowest BCUT2D eigenvalue weighted by molar-refractivity contribution is -0.127. The number of hydrogen-bond donors (Lipinski definition) is 2. The molecule has 6 nitrogen and oxygen atoms in total. The molecule has 162 valence electrons. The first-order valence-corrected chi connectivity index (χ1v) is 10.7. The molecule has 0 spiro atoms. The van der Waals surface area contributed by atoms with Crippen LogP contribution in [0.3, 0.4) is 0 Å². The molecule has 0 fully saturated rings. The SMILES string of the molecule is CC(C)CCN1C(=O)C(C)(C)COc2ccc(NC(=O)c3cc4ccccc4[nH]3)cc21. The van der Waals surface area contributed by atoms with Crippen LogP contribution in [0.25, 0.3) is 10.9 Å². The highest BCUT2D eigenvalue weighted by atomic mass is 16.5. The van der Waals surface area contributed by atoms with E-state index in [1.54, 1.807) is 4.90 Å². The summed E-state index contributed by atoms with van der Waals surface area (Å²) in [6, 6.07) is 15.1. The zero-order valence-electron chi connectivity index (χ0n) is 18.5. The fraction of sp³-hybridized carbons (Fsp3) is 0.360. The van der Waals surface area contributed by atoms with Crippen molar-refractivity contribution in [3.05, 3.63) is 54.2 Å². The van der Waals surface area contributed by atoms with Crippen LogP contribution in [0, 0.1) is 11.3 Å². The summed E-state index contributed by atoms with van der Waals surface area (Å²) < 4.78 is 5.97. The maximum Gasteiger partial charge on any atom is 0.272 e. The number of nitrogens with zero attached hydrogens (tertiary/aromatic N) is 1. The zero-order chi connectivity index (χ0) is 22.2. The van der Waals surface area contributed by atoms with Crippen LogP contribution in [-0.4, -0.2) is 29.9 Å². The standard InChI is InChI=1S/C25H29N3O3/c1-16(2)11-12-28-21-14-18(9-10-22(21)31-15-25(3,4)24(28)30)26-23(29)20-13-17-7-5-6-8-19(17)27-20/h5-10,13-14,16,27H,11-12,15H2,1-4H3,(H,26,29). The van der Waals surface area contributed by atoms with Gasteiger partial charge in [0.2, 0.25) is 5.91 Å². The fourth-order valence-electron chi connectivity index (χ4n) is 3.73. The predicted octanol–water partition coefficient (Wildman–Crippen LogP) is 5.22. The number of anilines is 2. The minimum Gasteiger partial charge on any atom is -0.490 e. The summed E-state index contributed by atoms with van der Waals surface area (Å²) in [6.07, 6.45) is 0.882. The summed E-state index contributed by atoms with van der Waals surface area (Å²) in [5.74, 6) is 0.928. The molecule has 0 radical (unpaired) electrons. The number of aromatic amines is 1. The van der Waals surface area contributed by atoms with Gasteiger partial charge in [0.05, 0.1) is 11.1 Å². The molecule has 2 amide bonds. The smallest absolute Gasteiger partial charge is 0.272 e. The third kappa shape index (κ3) is 4.29. The Morgan fingerprint density at radius 3 is 2.71 bits per heavy atom. The van der Waals surface area contributed by atoms with Crippen molar-refractivity contribution < 1.29 is 14.3 Å². The number of nitrogens with one attached hydrogen (secondary N) is 2. The fourth-order valence-corrected chi connectivity index (χ4v) is 3.73. The van der Waals surface area contributed by atoms with Gasteiger partial charge in [-0.2, -0.15) is 0 Å². The molecule has 2 heterocycles. The topological polar surface area (TPSA) is 74.4 Å². The molecule has 4 rings (SSSR count). The van der Waals surface area contributed by atoms with Crippen LogP contribution in [0.5, 0.6) is 5.75 Å². The lowest BCUT2D eigenvalue weighted by Crippen LogP contribution is -2.42. The largest absolute Gasteiger partial charge is 0.490 e. The van der Waals surface area contributed by atoms with Crippen molar-refractivity contribution in [2.24, 2.45) is 11.3 Å². The summed E-state index contributed by atoms with van der Waals surface area (Å²) in [6.45, 7) is 9.02. The van der Waals surface area contributed by atoms with E-state index in [0.29, 0.717) is 41.9 Å². The molecule has 1 aliphatic heterocycles. The number of carbonyl (C=O) groups is 2. The van der Waals surface area contributed by atoms with Crippen molar-refractivity contribution in [1.82, 2.24) is 4.98 Å². The number of ether oxygens (including phenoxy) is 1. The molecule has 31 heavy (non-hydrogen) atoms. The van der Waals surface area contributed by atoms with Gasteiger partial charge in [-0.15, -0.1) is 0 Å². The summed E-state index contributed by atoms with van der Waals surface area (Å²) in [5, 5.41) is 3.93. The van der Waals surface area contributed by atoms with Crippen molar-refractivity contribution in [3.63, 3.8) is 0 Å². The van der Waals surface area contributed by atoms with Crippen molar-refractivity contribution in [3.8, 4) is 5.75 Å². The molecule has 0 bridgehead atoms.